The molecule has 5 nitrogen and oxygen atoms in total. The number of likely N-dealkylation sites (tertiary alicyclic amines) is 1. The number of carbonyl (C=O) groups excluding carboxylic acids is 2. The van der Waals surface area contributed by atoms with E-state index >= 15 is 0 Å². The lowest BCUT2D eigenvalue weighted by Crippen LogP contribution is -2.46. The molecule has 2 atom stereocenters. The van der Waals surface area contributed by atoms with Crippen LogP contribution >= 0.6 is 0 Å². The predicted molar refractivity (Wildman–Crippen MR) is 103 cm³/mol. The minimum absolute atomic E-state index is 0.0257. The first-order valence-electron chi connectivity index (χ1n) is 9.67. The number of hydrogen-bond acceptors (Lipinski definition) is 3. The highest BCUT2D eigenvalue weighted by Crippen LogP contribution is 2.48. The van der Waals surface area contributed by atoms with Gasteiger partial charge in [-0.25, -0.2) is 0 Å². The van der Waals surface area contributed by atoms with E-state index in [9.17, 15) is 9.59 Å². The number of amides is 2. The maximum atomic E-state index is 13.1. The Hall–Kier alpha value is -1.88. The van der Waals surface area contributed by atoms with Crippen LogP contribution in [0.4, 0.5) is 0 Å². The van der Waals surface area contributed by atoms with Crippen LogP contribution in [0.3, 0.4) is 0 Å². The minimum atomic E-state index is -0.344. The fourth-order valence-corrected chi connectivity index (χ4v) is 4.10. The van der Waals surface area contributed by atoms with Gasteiger partial charge in [0.2, 0.25) is 11.8 Å². The first-order chi connectivity index (χ1) is 12.4. The molecule has 0 radical (unpaired) electrons. The largest absolute Gasteiger partial charge is 0.358 e. The molecule has 1 aromatic carbocycles. The van der Waals surface area contributed by atoms with Gasteiger partial charge in [-0.1, -0.05) is 43.7 Å². The molecule has 1 saturated carbocycles. The fraction of sp³-hybridized carbons (Fsp3) is 0.619. The van der Waals surface area contributed by atoms with Crippen LogP contribution in [-0.2, 0) is 15.0 Å². The molecule has 142 valence electrons. The standard InChI is InChI=1S/C21H31N3O2/c1-14(2)17-11-24(13-19(25)22-4)12-18(17)23-20(26)21(9-10-21)16-7-5-15(3)6-8-16/h5-8,14,17-18H,9-13H2,1-4H3,(H,22,25)(H,23,26)/t17-,18+/m0/s1. The highest BCUT2D eigenvalue weighted by molar-refractivity contribution is 5.91. The molecule has 2 fully saturated rings. The van der Waals surface area contributed by atoms with Gasteiger partial charge in [0.05, 0.1) is 12.0 Å². The molecule has 0 spiro atoms. The fourth-order valence-electron chi connectivity index (χ4n) is 4.10. The van der Waals surface area contributed by atoms with Crippen LogP contribution in [-0.4, -0.2) is 49.4 Å². The number of carbonyl (C=O) groups is 2. The van der Waals surface area contributed by atoms with E-state index in [1.165, 1.54) is 5.56 Å². The molecule has 3 rings (SSSR count). The molecule has 2 aliphatic rings. The van der Waals surface area contributed by atoms with Crippen LogP contribution < -0.4 is 10.6 Å². The zero-order chi connectivity index (χ0) is 18.9. The third kappa shape index (κ3) is 3.78. The van der Waals surface area contributed by atoms with Crippen molar-refractivity contribution in [2.75, 3.05) is 26.7 Å². The molecule has 0 unspecified atom stereocenters. The number of rotatable bonds is 6. The third-order valence-corrected chi connectivity index (χ3v) is 6.05. The number of nitrogens with zero attached hydrogens (tertiary/aromatic N) is 1. The Morgan fingerprint density at radius 1 is 1.19 bits per heavy atom. The van der Waals surface area contributed by atoms with Crippen molar-refractivity contribution in [1.82, 2.24) is 15.5 Å². The van der Waals surface area contributed by atoms with Gasteiger partial charge in [0, 0.05) is 26.2 Å². The van der Waals surface area contributed by atoms with E-state index in [0.717, 1.165) is 31.5 Å². The lowest BCUT2D eigenvalue weighted by molar-refractivity contribution is -0.124. The Bertz CT molecular complexity index is 664. The van der Waals surface area contributed by atoms with Crippen molar-refractivity contribution in [3.8, 4) is 0 Å². The van der Waals surface area contributed by atoms with Gasteiger partial charge in [-0.15, -0.1) is 0 Å². The lowest BCUT2D eigenvalue weighted by atomic mass is 9.89. The Labute approximate surface area is 156 Å². The summed E-state index contributed by atoms with van der Waals surface area (Å²) in [6.45, 7) is 8.45. The van der Waals surface area contributed by atoms with Crippen molar-refractivity contribution in [2.24, 2.45) is 11.8 Å². The average molecular weight is 357 g/mol. The van der Waals surface area contributed by atoms with E-state index in [4.69, 9.17) is 0 Å². The molecule has 2 amide bonds. The summed E-state index contributed by atoms with van der Waals surface area (Å²) in [6.07, 6.45) is 1.84. The summed E-state index contributed by atoms with van der Waals surface area (Å²) in [5, 5.41) is 6.02. The molecular formula is C21H31N3O2. The van der Waals surface area contributed by atoms with Crippen molar-refractivity contribution in [3.63, 3.8) is 0 Å². The zero-order valence-electron chi connectivity index (χ0n) is 16.3. The van der Waals surface area contributed by atoms with Gasteiger partial charge >= 0.3 is 0 Å². The summed E-state index contributed by atoms with van der Waals surface area (Å²) in [4.78, 5) is 27.0. The van der Waals surface area contributed by atoms with Crippen LogP contribution in [0.1, 0.15) is 37.8 Å². The van der Waals surface area contributed by atoms with Crippen molar-refractivity contribution >= 4 is 11.8 Å². The molecule has 0 aromatic heterocycles. The highest BCUT2D eigenvalue weighted by Gasteiger charge is 2.52. The predicted octanol–water partition coefficient (Wildman–Crippen LogP) is 1.85. The Morgan fingerprint density at radius 2 is 1.85 bits per heavy atom. The molecule has 1 heterocycles. The van der Waals surface area contributed by atoms with Crippen LogP contribution in [0.2, 0.25) is 0 Å². The molecule has 5 heteroatoms. The average Bonchev–Trinajstić information content (AvgIpc) is 3.32. The van der Waals surface area contributed by atoms with Crippen molar-refractivity contribution in [1.29, 1.82) is 0 Å². The molecular weight excluding hydrogens is 326 g/mol. The molecule has 0 bridgehead atoms. The summed E-state index contributed by atoms with van der Waals surface area (Å²) in [5.74, 6) is 1.01. The lowest BCUT2D eigenvalue weighted by Gasteiger charge is -2.25. The first kappa shape index (κ1) is 18.9. The van der Waals surface area contributed by atoms with Crippen LogP contribution in [0.15, 0.2) is 24.3 Å². The minimum Gasteiger partial charge on any atom is -0.358 e. The number of benzene rings is 1. The summed E-state index contributed by atoms with van der Waals surface area (Å²) in [7, 11) is 1.66. The molecule has 1 saturated heterocycles. The number of likely N-dealkylation sites (N-methyl/N-ethyl adjacent to an activating group) is 1. The maximum absolute atomic E-state index is 13.1. The van der Waals surface area contributed by atoms with Gasteiger partial charge in [0.25, 0.3) is 0 Å². The second-order valence-electron chi connectivity index (χ2n) is 8.30. The van der Waals surface area contributed by atoms with Crippen LogP contribution in [0.5, 0.6) is 0 Å². The van der Waals surface area contributed by atoms with Crippen molar-refractivity contribution in [3.05, 3.63) is 35.4 Å². The van der Waals surface area contributed by atoms with Gasteiger partial charge in [-0.05, 0) is 37.2 Å². The third-order valence-electron chi connectivity index (χ3n) is 6.05. The van der Waals surface area contributed by atoms with E-state index in [-0.39, 0.29) is 23.3 Å². The van der Waals surface area contributed by atoms with E-state index in [1.807, 2.05) is 0 Å². The monoisotopic (exact) mass is 357 g/mol. The Balaban J connectivity index is 1.69. The van der Waals surface area contributed by atoms with E-state index < -0.39 is 0 Å². The maximum Gasteiger partial charge on any atom is 0.233 e. The normalized spacial score (nSPS) is 24.5. The highest BCUT2D eigenvalue weighted by atomic mass is 16.2. The second-order valence-corrected chi connectivity index (χ2v) is 8.30. The molecule has 26 heavy (non-hydrogen) atoms. The topological polar surface area (TPSA) is 61.4 Å². The van der Waals surface area contributed by atoms with Gasteiger partial charge in [0.15, 0.2) is 0 Å². The van der Waals surface area contributed by atoms with E-state index in [2.05, 4.69) is 60.6 Å². The number of aryl methyl sites for hydroxylation is 1. The van der Waals surface area contributed by atoms with Crippen molar-refractivity contribution in [2.45, 2.75) is 45.1 Å². The van der Waals surface area contributed by atoms with E-state index in [1.54, 1.807) is 7.05 Å². The summed E-state index contributed by atoms with van der Waals surface area (Å²) < 4.78 is 0. The van der Waals surface area contributed by atoms with Gasteiger partial charge < -0.3 is 10.6 Å². The van der Waals surface area contributed by atoms with Crippen LogP contribution in [0.25, 0.3) is 0 Å². The smallest absolute Gasteiger partial charge is 0.233 e. The van der Waals surface area contributed by atoms with Gasteiger partial charge in [-0.2, -0.15) is 0 Å². The van der Waals surface area contributed by atoms with Crippen LogP contribution in [0, 0.1) is 18.8 Å². The summed E-state index contributed by atoms with van der Waals surface area (Å²) in [5.41, 5.74) is 2.00. The Morgan fingerprint density at radius 3 is 2.38 bits per heavy atom. The zero-order valence-corrected chi connectivity index (χ0v) is 16.3. The summed E-state index contributed by atoms with van der Waals surface area (Å²) >= 11 is 0. The molecule has 2 N–H and O–H groups in total. The Kier molecular flexibility index (Phi) is 5.37. The SMILES string of the molecule is CNC(=O)CN1C[C@@H](NC(=O)C2(c3ccc(C)cc3)CC2)[C@H](C(C)C)C1. The van der Waals surface area contributed by atoms with Crippen molar-refractivity contribution < 1.29 is 9.59 Å². The molecule has 1 aliphatic carbocycles. The first-order valence-corrected chi connectivity index (χ1v) is 9.67. The second kappa shape index (κ2) is 7.39. The quantitative estimate of drug-likeness (QED) is 0.817. The number of hydrogen-bond donors (Lipinski definition) is 2. The molecule has 1 aromatic rings. The number of nitrogens with one attached hydrogen (secondary N) is 2. The van der Waals surface area contributed by atoms with E-state index in [0.29, 0.717) is 18.4 Å². The van der Waals surface area contributed by atoms with Gasteiger partial charge in [0.1, 0.15) is 0 Å². The van der Waals surface area contributed by atoms with Gasteiger partial charge in [-0.3, -0.25) is 14.5 Å². The summed E-state index contributed by atoms with van der Waals surface area (Å²) in [6, 6.07) is 8.46. The molecule has 1 aliphatic heterocycles.